The van der Waals surface area contributed by atoms with Gasteiger partial charge in [0.15, 0.2) is 5.69 Å². The van der Waals surface area contributed by atoms with Crippen molar-refractivity contribution in [2.45, 2.75) is 26.1 Å². The number of alkyl halides is 3. The molecule has 5 nitrogen and oxygen atoms in total. The van der Waals surface area contributed by atoms with Crippen LogP contribution in [-0.4, -0.2) is 26.7 Å². The molecule has 9 heteroatoms. The fourth-order valence-electron chi connectivity index (χ4n) is 3.55. The Morgan fingerprint density at radius 2 is 1.79 bits per heavy atom. The molecule has 0 radical (unpaired) electrons. The highest BCUT2D eigenvalue weighted by atomic mass is 35.5. The van der Waals surface area contributed by atoms with E-state index >= 15 is 0 Å². The molecule has 4 rings (SSSR count). The molecular weight excluding hydrogens is 457 g/mol. The van der Waals surface area contributed by atoms with E-state index in [9.17, 15) is 23.1 Å². The van der Waals surface area contributed by atoms with Crippen LogP contribution in [0, 0.1) is 0 Å². The van der Waals surface area contributed by atoms with Gasteiger partial charge in [0, 0.05) is 22.8 Å². The Hall–Kier alpha value is -3.52. The summed E-state index contributed by atoms with van der Waals surface area (Å²) in [4.78, 5) is 15.9. The van der Waals surface area contributed by atoms with Crippen LogP contribution in [0.3, 0.4) is 0 Å². The molecule has 2 aromatic heterocycles. The summed E-state index contributed by atoms with van der Waals surface area (Å²) in [5.74, 6) is -0.572. The fourth-order valence-corrected chi connectivity index (χ4v) is 3.87. The number of carbonyl (C=O) groups is 1. The average Bonchev–Trinajstić information content (AvgIpc) is 3.05. The van der Waals surface area contributed by atoms with E-state index in [2.05, 4.69) is 4.98 Å². The third kappa shape index (κ3) is 4.39. The van der Waals surface area contributed by atoms with Gasteiger partial charge in [-0.15, -0.1) is 0 Å². The number of halogens is 4. The van der Waals surface area contributed by atoms with Gasteiger partial charge in [0.2, 0.25) is 0 Å². The number of rotatable bonds is 5. The number of carboxylic acid groups (broad SMARTS) is 1. The predicted octanol–water partition coefficient (Wildman–Crippen LogP) is 6.85. The monoisotopic (exact) mass is 474 g/mol. The van der Waals surface area contributed by atoms with Crippen molar-refractivity contribution >= 4 is 28.5 Å². The highest BCUT2D eigenvalue weighted by molar-refractivity contribution is 6.38. The maximum absolute atomic E-state index is 12.8. The molecule has 2 aromatic carbocycles. The van der Waals surface area contributed by atoms with Crippen LogP contribution in [0.2, 0.25) is 5.02 Å². The number of carboxylic acids is 1. The number of fused-ring (bicyclic) bond motifs is 1. The fraction of sp³-hybridized carbons (Fsp3) is 0.167. The molecule has 0 aliphatic carbocycles. The van der Waals surface area contributed by atoms with Crippen LogP contribution >= 0.6 is 11.6 Å². The first-order chi connectivity index (χ1) is 15.6. The first-order valence-electron chi connectivity index (χ1n) is 9.94. The van der Waals surface area contributed by atoms with Crippen molar-refractivity contribution in [3.8, 4) is 22.7 Å². The molecule has 0 saturated carbocycles. The van der Waals surface area contributed by atoms with Crippen LogP contribution in [0.25, 0.3) is 27.8 Å². The van der Waals surface area contributed by atoms with Gasteiger partial charge in [-0.1, -0.05) is 17.7 Å². The van der Waals surface area contributed by atoms with E-state index in [-0.39, 0.29) is 16.8 Å². The van der Waals surface area contributed by atoms with Gasteiger partial charge in [-0.05, 0) is 62.4 Å². The van der Waals surface area contributed by atoms with E-state index in [0.29, 0.717) is 33.6 Å². The Bertz CT molecular complexity index is 1330. The lowest BCUT2D eigenvalue weighted by atomic mass is 10.1. The molecule has 0 aliphatic heterocycles. The zero-order chi connectivity index (χ0) is 23.9. The van der Waals surface area contributed by atoms with Gasteiger partial charge >= 0.3 is 12.1 Å². The van der Waals surface area contributed by atoms with Gasteiger partial charge in [-0.3, -0.25) is 4.98 Å². The van der Waals surface area contributed by atoms with Crippen molar-refractivity contribution < 1.29 is 27.8 Å². The quantitative estimate of drug-likeness (QED) is 0.343. The van der Waals surface area contributed by atoms with Crippen LogP contribution in [0.1, 0.15) is 29.9 Å². The van der Waals surface area contributed by atoms with E-state index in [1.165, 1.54) is 10.6 Å². The molecule has 0 unspecified atom stereocenters. The average molecular weight is 475 g/mol. The molecule has 0 spiro atoms. The summed E-state index contributed by atoms with van der Waals surface area (Å²) in [5.41, 5.74) is 0.941. The smallest absolute Gasteiger partial charge is 0.417 e. The minimum absolute atomic E-state index is 0.00971. The number of hydrogen-bond acceptors (Lipinski definition) is 3. The maximum atomic E-state index is 12.8. The second-order valence-electron chi connectivity index (χ2n) is 7.63. The zero-order valence-corrected chi connectivity index (χ0v) is 18.3. The van der Waals surface area contributed by atoms with Gasteiger partial charge in [-0.25, -0.2) is 4.79 Å². The zero-order valence-electron chi connectivity index (χ0n) is 17.5. The number of ether oxygens (including phenoxy) is 1. The normalized spacial score (nSPS) is 11.8. The highest BCUT2D eigenvalue weighted by Crippen LogP contribution is 2.37. The first-order valence-corrected chi connectivity index (χ1v) is 10.3. The third-order valence-electron chi connectivity index (χ3n) is 4.96. The minimum atomic E-state index is -4.48. The van der Waals surface area contributed by atoms with Crippen molar-refractivity contribution in [2.75, 3.05) is 0 Å². The van der Waals surface area contributed by atoms with E-state index in [1.807, 2.05) is 13.8 Å². The Morgan fingerprint density at radius 1 is 1.09 bits per heavy atom. The second kappa shape index (κ2) is 8.44. The molecule has 1 N–H and O–H groups in total. The van der Waals surface area contributed by atoms with E-state index < -0.39 is 17.7 Å². The molecule has 4 aromatic rings. The summed E-state index contributed by atoms with van der Waals surface area (Å²) < 4.78 is 45.6. The van der Waals surface area contributed by atoms with E-state index in [0.717, 1.165) is 12.3 Å². The van der Waals surface area contributed by atoms with Gasteiger partial charge < -0.3 is 14.4 Å². The van der Waals surface area contributed by atoms with Crippen LogP contribution in [0.4, 0.5) is 13.2 Å². The number of hydrogen-bond donors (Lipinski definition) is 1. The third-order valence-corrected chi connectivity index (χ3v) is 5.34. The molecule has 0 atom stereocenters. The Labute approximate surface area is 192 Å². The van der Waals surface area contributed by atoms with Crippen molar-refractivity contribution in [2.24, 2.45) is 0 Å². The molecular formula is C24H18ClF3N2O3. The molecule has 0 bridgehead atoms. The summed E-state index contributed by atoms with van der Waals surface area (Å²) in [6.45, 7) is 3.80. The molecule has 0 amide bonds. The maximum Gasteiger partial charge on any atom is 0.417 e. The number of benzene rings is 2. The van der Waals surface area contributed by atoms with Crippen LogP contribution < -0.4 is 4.74 Å². The summed E-state index contributed by atoms with van der Waals surface area (Å²) in [5, 5.41) is 10.3. The van der Waals surface area contributed by atoms with Crippen LogP contribution in [0.15, 0.2) is 60.8 Å². The topological polar surface area (TPSA) is 64.3 Å². The molecule has 0 saturated heterocycles. The van der Waals surface area contributed by atoms with Gasteiger partial charge in [-0.2, -0.15) is 13.2 Å². The lowest BCUT2D eigenvalue weighted by Crippen LogP contribution is -2.08. The van der Waals surface area contributed by atoms with Crippen LogP contribution in [-0.2, 0) is 6.18 Å². The van der Waals surface area contributed by atoms with E-state index in [4.69, 9.17) is 16.3 Å². The number of pyridine rings is 1. The largest absolute Gasteiger partial charge is 0.491 e. The van der Waals surface area contributed by atoms with Crippen LogP contribution in [0.5, 0.6) is 5.75 Å². The SMILES string of the molecule is CC(C)Oc1ccc(-n2c(C(=O)O)c(Cl)c3cc(-c4ccc(C(F)(F)F)cn4)ccc32)cc1. The molecule has 0 fully saturated rings. The van der Waals surface area contributed by atoms with Crippen molar-refractivity contribution in [1.29, 1.82) is 0 Å². The lowest BCUT2D eigenvalue weighted by Gasteiger charge is -2.12. The summed E-state index contributed by atoms with van der Waals surface area (Å²) >= 11 is 6.46. The van der Waals surface area contributed by atoms with Gasteiger partial charge in [0.1, 0.15) is 5.75 Å². The van der Waals surface area contributed by atoms with Gasteiger partial charge in [0.05, 0.1) is 27.9 Å². The number of nitrogens with zero attached hydrogens (tertiary/aromatic N) is 2. The molecule has 170 valence electrons. The Kier molecular flexibility index (Phi) is 5.80. The standard InChI is InChI=1S/C24H18ClF3N2O3/c1-13(2)33-17-7-5-16(6-8-17)30-20-10-3-14(11-18(20)21(25)22(30)23(31)32)19-9-4-15(12-29-19)24(26,27)28/h3-13H,1-2H3,(H,31,32). The van der Waals surface area contributed by atoms with E-state index in [1.54, 1.807) is 42.5 Å². The number of aromatic carboxylic acids is 1. The van der Waals surface area contributed by atoms with Crippen molar-refractivity contribution in [3.05, 3.63) is 77.1 Å². The summed E-state index contributed by atoms with van der Waals surface area (Å²) in [6, 6.07) is 14.1. The summed E-state index contributed by atoms with van der Waals surface area (Å²) in [7, 11) is 0. The Balaban J connectivity index is 1.82. The van der Waals surface area contributed by atoms with Gasteiger partial charge in [0.25, 0.3) is 0 Å². The Morgan fingerprint density at radius 3 is 2.33 bits per heavy atom. The lowest BCUT2D eigenvalue weighted by molar-refractivity contribution is -0.137. The molecule has 2 heterocycles. The highest BCUT2D eigenvalue weighted by Gasteiger charge is 2.30. The predicted molar refractivity (Wildman–Crippen MR) is 119 cm³/mol. The minimum Gasteiger partial charge on any atom is -0.491 e. The summed E-state index contributed by atoms with van der Waals surface area (Å²) in [6.07, 6.45) is -3.73. The van der Waals surface area contributed by atoms with Crippen molar-refractivity contribution in [3.63, 3.8) is 0 Å². The second-order valence-corrected chi connectivity index (χ2v) is 8.00. The van der Waals surface area contributed by atoms with Crippen molar-refractivity contribution in [1.82, 2.24) is 9.55 Å². The first kappa shape index (κ1) is 22.7. The number of aromatic nitrogens is 2. The molecule has 33 heavy (non-hydrogen) atoms. The molecule has 0 aliphatic rings.